The summed E-state index contributed by atoms with van der Waals surface area (Å²) in [4.78, 5) is 36.1. The van der Waals surface area contributed by atoms with Gasteiger partial charge in [0.05, 0.1) is 4.92 Å². The molecule has 0 bridgehead atoms. The van der Waals surface area contributed by atoms with Crippen LogP contribution in [0.25, 0.3) is 6.08 Å². The summed E-state index contributed by atoms with van der Waals surface area (Å²) in [6, 6.07) is 12.3. The van der Waals surface area contributed by atoms with E-state index in [-0.39, 0.29) is 17.4 Å². The smallest absolute Gasteiger partial charge is 0.270 e. The molecule has 156 valence electrons. The Bertz CT molecular complexity index is 984. The highest BCUT2D eigenvalue weighted by Crippen LogP contribution is 2.19. The summed E-state index contributed by atoms with van der Waals surface area (Å²) in [5, 5.41) is 17.0. The molecule has 0 saturated heterocycles. The molecule has 2 aromatic rings. The highest BCUT2D eigenvalue weighted by Gasteiger charge is 2.20. The minimum absolute atomic E-state index is 0.0195. The van der Waals surface area contributed by atoms with Crippen LogP contribution in [0.2, 0.25) is 5.02 Å². The summed E-state index contributed by atoms with van der Waals surface area (Å²) in [7, 11) is 0. The van der Waals surface area contributed by atoms with Gasteiger partial charge >= 0.3 is 0 Å². The van der Waals surface area contributed by atoms with E-state index in [1.54, 1.807) is 24.3 Å². The fourth-order valence-electron chi connectivity index (χ4n) is 3.39. The fraction of sp³-hybridized carbons (Fsp3) is 0.273. The molecule has 2 amide bonds. The number of halogens is 1. The van der Waals surface area contributed by atoms with Crippen LogP contribution in [0.5, 0.6) is 0 Å². The van der Waals surface area contributed by atoms with E-state index in [1.165, 1.54) is 30.3 Å². The Kier molecular flexibility index (Phi) is 7.19. The van der Waals surface area contributed by atoms with Gasteiger partial charge in [0.25, 0.3) is 17.5 Å². The number of non-ortho nitro benzene ring substituents is 1. The summed E-state index contributed by atoms with van der Waals surface area (Å²) in [5.41, 5.74) is 0.658. The monoisotopic (exact) mass is 427 g/mol. The van der Waals surface area contributed by atoms with Gasteiger partial charge in [-0.2, -0.15) is 0 Å². The van der Waals surface area contributed by atoms with Gasteiger partial charge in [-0.1, -0.05) is 49.1 Å². The lowest BCUT2D eigenvalue weighted by Gasteiger charge is -2.23. The van der Waals surface area contributed by atoms with Crippen LogP contribution in [0.15, 0.2) is 54.2 Å². The summed E-state index contributed by atoms with van der Waals surface area (Å²) < 4.78 is 0. The van der Waals surface area contributed by atoms with Crippen LogP contribution in [-0.2, 0) is 4.79 Å². The first kappa shape index (κ1) is 21.5. The number of hydrogen-bond donors (Lipinski definition) is 2. The molecule has 0 aromatic heterocycles. The Labute approximate surface area is 179 Å². The highest BCUT2D eigenvalue weighted by molar-refractivity contribution is 6.31. The minimum atomic E-state index is -0.510. The van der Waals surface area contributed by atoms with Crippen LogP contribution in [0, 0.1) is 10.1 Å². The number of amides is 2. The number of rotatable bonds is 6. The summed E-state index contributed by atoms with van der Waals surface area (Å²) in [5.74, 6) is -0.920. The predicted molar refractivity (Wildman–Crippen MR) is 115 cm³/mol. The number of nitrogens with one attached hydrogen (secondary N) is 2. The zero-order valence-corrected chi connectivity index (χ0v) is 17.0. The molecule has 2 N–H and O–H groups in total. The third kappa shape index (κ3) is 5.90. The average Bonchev–Trinajstić information content (AvgIpc) is 2.74. The van der Waals surface area contributed by atoms with Gasteiger partial charge in [0.2, 0.25) is 0 Å². The lowest BCUT2D eigenvalue weighted by molar-refractivity contribution is -0.384. The number of hydrogen-bond acceptors (Lipinski definition) is 4. The number of benzene rings is 2. The van der Waals surface area contributed by atoms with Crippen molar-refractivity contribution in [1.29, 1.82) is 0 Å². The molecule has 1 fully saturated rings. The average molecular weight is 428 g/mol. The second kappa shape index (κ2) is 10.0. The van der Waals surface area contributed by atoms with Crippen molar-refractivity contribution in [2.45, 2.75) is 38.1 Å². The molecule has 1 aliphatic rings. The van der Waals surface area contributed by atoms with Gasteiger partial charge in [-0.25, -0.2) is 0 Å². The molecule has 8 heteroatoms. The minimum Gasteiger partial charge on any atom is -0.348 e. The van der Waals surface area contributed by atoms with Crippen molar-refractivity contribution in [3.05, 3.63) is 80.5 Å². The van der Waals surface area contributed by atoms with E-state index in [0.717, 1.165) is 32.1 Å². The zero-order chi connectivity index (χ0) is 21.5. The third-order valence-electron chi connectivity index (χ3n) is 4.91. The second-order valence-corrected chi connectivity index (χ2v) is 7.62. The first-order chi connectivity index (χ1) is 14.4. The Morgan fingerprint density at radius 1 is 1.07 bits per heavy atom. The van der Waals surface area contributed by atoms with Gasteiger partial charge in [-0.15, -0.1) is 0 Å². The van der Waals surface area contributed by atoms with Crippen LogP contribution in [0.3, 0.4) is 0 Å². The van der Waals surface area contributed by atoms with E-state index in [9.17, 15) is 19.7 Å². The van der Waals surface area contributed by atoms with Crippen LogP contribution in [0.4, 0.5) is 5.69 Å². The van der Waals surface area contributed by atoms with E-state index in [4.69, 9.17) is 11.6 Å². The van der Waals surface area contributed by atoms with Crippen molar-refractivity contribution in [2.75, 3.05) is 0 Å². The lowest BCUT2D eigenvalue weighted by atomic mass is 9.95. The number of nitro groups is 1. The number of carbonyl (C=O) groups is 2. The summed E-state index contributed by atoms with van der Waals surface area (Å²) in [6.07, 6.45) is 6.45. The normalized spacial score (nSPS) is 14.8. The molecular formula is C22H22ClN3O4. The van der Waals surface area contributed by atoms with Crippen LogP contribution in [0.1, 0.15) is 48.0 Å². The van der Waals surface area contributed by atoms with Gasteiger partial charge in [-0.05, 0) is 42.7 Å². The lowest BCUT2D eigenvalue weighted by Crippen LogP contribution is -2.41. The largest absolute Gasteiger partial charge is 0.348 e. The summed E-state index contributed by atoms with van der Waals surface area (Å²) in [6.45, 7) is 0. The number of nitro benzene ring substituents is 1. The Morgan fingerprint density at radius 3 is 2.50 bits per heavy atom. The maximum atomic E-state index is 12.9. The van der Waals surface area contributed by atoms with Crippen LogP contribution in [-0.4, -0.2) is 22.8 Å². The Balaban J connectivity index is 1.87. The number of nitrogens with zero attached hydrogens (tertiary/aromatic N) is 1. The molecule has 1 aliphatic carbocycles. The van der Waals surface area contributed by atoms with Crippen molar-refractivity contribution in [3.8, 4) is 0 Å². The molecule has 0 radical (unpaired) electrons. The molecule has 0 spiro atoms. The fourth-order valence-corrected chi connectivity index (χ4v) is 3.58. The van der Waals surface area contributed by atoms with Crippen LogP contribution < -0.4 is 10.6 Å². The quantitative estimate of drug-likeness (QED) is 0.403. The standard InChI is InChI=1S/C22H22ClN3O4/c23-17-8-5-7-16(14-17)21(27)25-20(22(28)24-18-9-2-1-3-10-18)13-15-6-4-11-19(12-15)26(29)30/h4-8,11-14,18H,1-3,9-10H2,(H,24,28)(H,25,27)/b20-13-. The maximum Gasteiger partial charge on any atom is 0.270 e. The second-order valence-electron chi connectivity index (χ2n) is 7.18. The van der Waals surface area contributed by atoms with Gasteiger partial charge < -0.3 is 10.6 Å². The topological polar surface area (TPSA) is 101 Å². The van der Waals surface area contributed by atoms with Crippen molar-refractivity contribution in [2.24, 2.45) is 0 Å². The Morgan fingerprint density at radius 2 is 1.80 bits per heavy atom. The van der Waals surface area contributed by atoms with E-state index in [2.05, 4.69) is 10.6 Å². The van der Waals surface area contributed by atoms with E-state index >= 15 is 0 Å². The predicted octanol–water partition coefficient (Wildman–Crippen LogP) is 4.47. The summed E-state index contributed by atoms with van der Waals surface area (Å²) >= 11 is 5.96. The molecule has 3 rings (SSSR count). The van der Waals surface area contributed by atoms with Gasteiger partial charge in [-0.3, -0.25) is 19.7 Å². The van der Waals surface area contributed by atoms with E-state index in [1.807, 2.05) is 0 Å². The van der Waals surface area contributed by atoms with Crippen molar-refractivity contribution >= 4 is 35.2 Å². The molecule has 2 aromatic carbocycles. The highest BCUT2D eigenvalue weighted by atomic mass is 35.5. The van der Waals surface area contributed by atoms with Crippen LogP contribution >= 0.6 is 11.6 Å². The molecule has 0 unspecified atom stereocenters. The van der Waals surface area contributed by atoms with Gasteiger partial charge in [0.1, 0.15) is 5.70 Å². The van der Waals surface area contributed by atoms with Crippen molar-refractivity contribution in [3.63, 3.8) is 0 Å². The van der Waals surface area contributed by atoms with E-state index in [0.29, 0.717) is 16.1 Å². The molecule has 1 saturated carbocycles. The first-order valence-corrected chi connectivity index (χ1v) is 10.1. The molecule has 0 aliphatic heterocycles. The SMILES string of the molecule is O=C(NC1CCCCC1)/C(=C/c1cccc([N+](=O)[O-])c1)NC(=O)c1cccc(Cl)c1. The molecular weight excluding hydrogens is 406 g/mol. The molecule has 30 heavy (non-hydrogen) atoms. The molecule has 0 atom stereocenters. The van der Waals surface area contributed by atoms with Gasteiger partial charge in [0, 0.05) is 28.8 Å². The number of carbonyl (C=O) groups excluding carboxylic acids is 2. The molecule has 0 heterocycles. The van der Waals surface area contributed by atoms with Crippen molar-refractivity contribution in [1.82, 2.24) is 10.6 Å². The maximum absolute atomic E-state index is 12.9. The van der Waals surface area contributed by atoms with E-state index < -0.39 is 16.7 Å². The Hall–Kier alpha value is -3.19. The van der Waals surface area contributed by atoms with Gasteiger partial charge in [0.15, 0.2) is 0 Å². The molecule has 7 nitrogen and oxygen atoms in total. The third-order valence-corrected chi connectivity index (χ3v) is 5.15. The van der Waals surface area contributed by atoms with Crippen molar-refractivity contribution < 1.29 is 14.5 Å². The zero-order valence-electron chi connectivity index (χ0n) is 16.3. The first-order valence-electron chi connectivity index (χ1n) is 9.76.